The molecule has 0 bridgehead atoms. The molecule has 2 aromatic rings. The number of urea groups is 1. The second kappa shape index (κ2) is 9.23. The highest BCUT2D eigenvalue weighted by molar-refractivity contribution is 6.32. The predicted molar refractivity (Wildman–Crippen MR) is 110 cm³/mol. The Labute approximate surface area is 185 Å². The largest absolute Gasteiger partial charge is 0.473 e. The van der Waals surface area contributed by atoms with Gasteiger partial charge in [0.15, 0.2) is 0 Å². The number of hydrogen-bond donors (Lipinski definition) is 1. The summed E-state index contributed by atoms with van der Waals surface area (Å²) >= 11 is 6.08. The van der Waals surface area contributed by atoms with Gasteiger partial charge >= 0.3 is 17.7 Å². The van der Waals surface area contributed by atoms with Gasteiger partial charge in [0.05, 0.1) is 23.6 Å². The van der Waals surface area contributed by atoms with Crippen molar-refractivity contribution < 1.29 is 33.2 Å². The number of ether oxygens (including phenoxy) is 2. The lowest BCUT2D eigenvalue weighted by Gasteiger charge is -2.09. The van der Waals surface area contributed by atoms with Gasteiger partial charge in [-0.3, -0.25) is 19.8 Å². The molecule has 3 rings (SSSR count). The van der Waals surface area contributed by atoms with Crippen LogP contribution in [0.25, 0.3) is 6.08 Å². The van der Waals surface area contributed by atoms with Crippen LogP contribution in [0.5, 0.6) is 5.75 Å². The molecule has 32 heavy (non-hydrogen) atoms. The lowest BCUT2D eigenvalue weighted by atomic mass is 10.1. The van der Waals surface area contributed by atoms with Crippen LogP contribution in [0.15, 0.2) is 34.4 Å². The standard InChI is InChI=1S/C20H14ClN3O8/c1-3-6-31-17-13(21)7-11(9-15(17)24(28)29)8-14-18(25)23(20(27)22-14)10-12-4-5-16(32-12)19(26)30-2/h1,4-5,7-9H,6,10H2,2H3,(H,22,27)/b14-8-. The number of carbonyl (C=O) groups is 3. The molecule has 1 aliphatic heterocycles. The number of methoxy groups -OCH3 is 1. The summed E-state index contributed by atoms with van der Waals surface area (Å²) in [7, 11) is 1.18. The predicted octanol–water partition coefficient (Wildman–Crippen LogP) is 2.73. The van der Waals surface area contributed by atoms with Gasteiger partial charge < -0.3 is 19.2 Å². The Morgan fingerprint density at radius 1 is 1.41 bits per heavy atom. The van der Waals surface area contributed by atoms with E-state index in [-0.39, 0.29) is 46.7 Å². The van der Waals surface area contributed by atoms with Crippen LogP contribution in [0.3, 0.4) is 0 Å². The van der Waals surface area contributed by atoms with Crippen molar-refractivity contribution in [1.82, 2.24) is 10.2 Å². The molecule has 0 spiro atoms. The molecule has 0 unspecified atom stereocenters. The van der Waals surface area contributed by atoms with E-state index < -0.39 is 28.5 Å². The number of rotatable bonds is 7. The van der Waals surface area contributed by atoms with Crippen LogP contribution in [0, 0.1) is 22.5 Å². The summed E-state index contributed by atoms with van der Waals surface area (Å²) in [5, 5.41) is 13.7. The molecule has 3 amide bonds. The van der Waals surface area contributed by atoms with Crippen molar-refractivity contribution in [2.75, 3.05) is 13.7 Å². The SMILES string of the molecule is C#CCOc1c(Cl)cc(/C=C2\NC(=O)N(Cc3ccc(C(=O)OC)o3)C2=O)cc1[N+](=O)[O-]. The van der Waals surface area contributed by atoms with E-state index in [1.165, 1.54) is 31.4 Å². The summed E-state index contributed by atoms with van der Waals surface area (Å²) in [6.45, 7) is -0.478. The fraction of sp³-hybridized carbons (Fsp3) is 0.150. The average molecular weight is 460 g/mol. The fourth-order valence-corrected chi connectivity index (χ4v) is 3.06. The molecule has 2 heterocycles. The monoisotopic (exact) mass is 459 g/mol. The number of terminal acetylenes is 1. The molecular formula is C20H14ClN3O8. The highest BCUT2D eigenvalue weighted by atomic mass is 35.5. The Bertz CT molecular complexity index is 1190. The molecule has 12 heteroatoms. The number of nitrogens with one attached hydrogen (secondary N) is 1. The molecule has 1 aliphatic rings. The lowest BCUT2D eigenvalue weighted by molar-refractivity contribution is -0.385. The van der Waals surface area contributed by atoms with E-state index >= 15 is 0 Å². The maximum Gasteiger partial charge on any atom is 0.373 e. The van der Waals surface area contributed by atoms with Gasteiger partial charge in [-0.1, -0.05) is 17.5 Å². The minimum atomic E-state index is -0.744. The third kappa shape index (κ3) is 4.55. The first-order chi connectivity index (χ1) is 15.2. The normalized spacial score (nSPS) is 14.3. The number of amides is 3. The van der Waals surface area contributed by atoms with Crippen LogP contribution in [0.2, 0.25) is 5.02 Å². The summed E-state index contributed by atoms with van der Waals surface area (Å²) in [6.07, 6.45) is 6.33. The summed E-state index contributed by atoms with van der Waals surface area (Å²) in [5.74, 6) is 0.643. The van der Waals surface area contributed by atoms with Gasteiger partial charge in [0.25, 0.3) is 5.91 Å². The number of benzene rings is 1. The molecule has 1 saturated heterocycles. The zero-order chi connectivity index (χ0) is 23.4. The van der Waals surface area contributed by atoms with Crippen molar-refractivity contribution in [3.8, 4) is 18.1 Å². The van der Waals surface area contributed by atoms with E-state index in [9.17, 15) is 24.5 Å². The van der Waals surface area contributed by atoms with Gasteiger partial charge in [-0.05, 0) is 29.8 Å². The summed E-state index contributed by atoms with van der Waals surface area (Å²) in [5.41, 5.74) is -0.428. The van der Waals surface area contributed by atoms with Gasteiger partial charge in [0.2, 0.25) is 11.5 Å². The van der Waals surface area contributed by atoms with Crippen LogP contribution in [-0.4, -0.2) is 41.4 Å². The molecule has 11 nitrogen and oxygen atoms in total. The highest BCUT2D eigenvalue weighted by Crippen LogP contribution is 2.37. The van der Waals surface area contributed by atoms with Gasteiger partial charge in [-0.2, -0.15) is 0 Å². The van der Waals surface area contributed by atoms with Crippen LogP contribution < -0.4 is 10.1 Å². The van der Waals surface area contributed by atoms with Crippen molar-refractivity contribution in [1.29, 1.82) is 0 Å². The van der Waals surface area contributed by atoms with E-state index in [1.54, 1.807) is 0 Å². The van der Waals surface area contributed by atoms with E-state index in [0.717, 1.165) is 11.0 Å². The highest BCUT2D eigenvalue weighted by Gasteiger charge is 2.34. The molecule has 0 saturated carbocycles. The Morgan fingerprint density at radius 3 is 2.81 bits per heavy atom. The number of furan rings is 1. The topological polar surface area (TPSA) is 141 Å². The first kappa shape index (κ1) is 22.4. The first-order valence-electron chi connectivity index (χ1n) is 8.81. The zero-order valence-electron chi connectivity index (χ0n) is 16.4. The van der Waals surface area contributed by atoms with E-state index in [4.69, 9.17) is 27.2 Å². The van der Waals surface area contributed by atoms with Crippen molar-refractivity contribution in [3.63, 3.8) is 0 Å². The van der Waals surface area contributed by atoms with Gasteiger partial charge in [0, 0.05) is 6.07 Å². The number of hydrogen-bond acceptors (Lipinski definition) is 8. The summed E-state index contributed by atoms with van der Waals surface area (Å²) < 4.78 is 14.9. The van der Waals surface area contributed by atoms with Crippen molar-refractivity contribution in [3.05, 3.63) is 62.2 Å². The smallest absolute Gasteiger partial charge is 0.373 e. The Morgan fingerprint density at radius 2 is 2.16 bits per heavy atom. The number of nitrogens with zero attached hydrogens (tertiary/aromatic N) is 2. The molecule has 0 atom stereocenters. The summed E-state index contributed by atoms with van der Waals surface area (Å²) in [4.78, 5) is 47.9. The van der Waals surface area contributed by atoms with Crippen LogP contribution in [0.4, 0.5) is 10.5 Å². The quantitative estimate of drug-likeness (QED) is 0.166. The Hall–Kier alpha value is -4.30. The van der Waals surface area contributed by atoms with E-state index in [1.807, 2.05) is 0 Å². The second-order valence-electron chi connectivity index (χ2n) is 6.24. The van der Waals surface area contributed by atoms with Crippen LogP contribution in [-0.2, 0) is 16.1 Å². The Kier molecular flexibility index (Phi) is 6.46. The number of nitro benzene ring substituents is 1. The van der Waals surface area contributed by atoms with E-state index in [0.29, 0.717) is 0 Å². The second-order valence-corrected chi connectivity index (χ2v) is 6.65. The molecule has 1 aromatic heterocycles. The van der Waals surface area contributed by atoms with Gasteiger partial charge in [0.1, 0.15) is 18.1 Å². The number of halogens is 1. The first-order valence-corrected chi connectivity index (χ1v) is 9.18. The Balaban J connectivity index is 1.85. The number of nitro groups is 1. The van der Waals surface area contributed by atoms with Crippen molar-refractivity contribution in [2.24, 2.45) is 0 Å². The molecule has 1 fully saturated rings. The number of carbonyl (C=O) groups excluding carboxylic acids is 3. The van der Waals surface area contributed by atoms with Crippen molar-refractivity contribution >= 4 is 41.3 Å². The van der Waals surface area contributed by atoms with E-state index in [2.05, 4.69) is 16.0 Å². The molecule has 1 aromatic carbocycles. The molecule has 0 radical (unpaired) electrons. The van der Waals surface area contributed by atoms with Gasteiger partial charge in [-0.25, -0.2) is 9.59 Å². The maximum absolute atomic E-state index is 12.7. The molecule has 1 N–H and O–H groups in total. The maximum atomic E-state index is 12.7. The third-order valence-corrected chi connectivity index (χ3v) is 4.46. The molecular weight excluding hydrogens is 446 g/mol. The zero-order valence-corrected chi connectivity index (χ0v) is 17.2. The molecule has 164 valence electrons. The minimum Gasteiger partial charge on any atom is -0.473 e. The average Bonchev–Trinajstić information content (AvgIpc) is 3.32. The molecule has 0 aliphatic carbocycles. The fourth-order valence-electron chi connectivity index (χ4n) is 2.79. The third-order valence-electron chi connectivity index (χ3n) is 4.18. The number of imide groups is 1. The summed E-state index contributed by atoms with van der Waals surface area (Å²) in [6, 6.07) is 4.48. The van der Waals surface area contributed by atoms with Crippen molar-refractivity contribution in [2.45, 2.75) is 6.54 Å². The van der Waals surface area contributed by atoms with Crippen LogP contribution >= 0.6 is 11.6 Å². The minimum absolute atomic E-state index is 0.0839. The van der Waals surface area contributed by atoms with Crippen LogP contribution in [0.1, 0.15) is 21.9 Å². The number of esters is 1. The lowest BCUT2D eigenvalue weighted by Crippen LogP contribution is -2.30. The van der Waals surface area contributed by atoms with Gasteiger partial charge in [-0.15, -0.1) is 6.42 Å².